The number of methoxy groups -OCH3 is 1. The summed E-state index contributed by atoms with van der Waals surface area (Å²) in [7, 11) is 1.59. The van der Waals surface area contributed by atoms with Crippen molar-refractivity contribution in [1.82, 2.24) is 14.6 Å². The van der Waals surface area contributed by atoms with Gasteiger partial charge in [-0.25, -0.2) is 0 Å². The van der Waals surface area contributed by atoms with Crippen LogP contribution in [-0.2, 0) is 6.42 Å². The van der Waals surface area contributed by atoms with Gasteiger partial charge in [-0.3, -0.25) is 9.59 Å². The molecule has 0 amide bonds. The zero-order chi connectivity index (χ0) is 22.9. The van der Waals surface area contributed by atoms with E-state index in [2.05, 4.69) is 26.0 Å². The highest BCUT2D eigenvalue weighted by Gasteiger charge is 2.12. The molecule has 7 nitrogen and oxygen atoms in total. The molecule has 3 aromatic heterocycles. The molecule has 0 bridgehead atoms. The number of thiazole rings is 1. The zero-order valence-corrected chi connectivity index (χ0v) is 19.7. The maximum atomic E-state index is 12.9. The van der Waals surface area contributed by atoms with Crippen LogP contribution in [0.15, 0.2) is 79.1 Å². The first-order chi connectivity index (χ1) is 16.0. The number of nitrogens with zero attached hydrogens (tertiary/aromatic N) is 3. The second-order valence-electron chi connectivity index (χ2n) is 7.21. The number of aromatic nitrogens is 3. The standard InChI is InChI=1S/C24H16BrN3O4S/c1-31-17-7-5-14(6-8-17)11-19-22(29)26-24-28(27-19)23(30)21(33-24)13-18-9-10-20(32-18)15-3-2-4-16(25)12-15/h2-10,12-13H,11H2,1H3/b21-13-. The van der Waals surface area contributed by atoms with Crippen molar-refractivity contribution in [2.24, 2.45) is 0 Å². The van der Waals surface area contributed by atoms with Crippen molar-refractivity contribution in [2.75, 3.05) is 7.11 Å². The van der Waals surface area contributed by atoms with E-state index in [1.807, 2.05) is 42.5 Å². The van der Waals surface area contributed by atoms with Gasteiger partial charge in [-0.2, -0.15) is 14.6 Å². The number of fused-ring (bicyclic) bond motifs is 1. The fourth-order valence-electron chi connectivity index (χ4n) is 3.35. The van der Waals surface area contributed by atoms with E-state index in [0.717, 1.165) is 32.7 Å². The molecule has 0 radical (unpaired) electrons. The van der Waals surface area contributed by atoms with Crippen LogP contribution in [0.1, 0.15) is 17.0 Å². The minimum atomic E-state index is -0.450. The van der Waals surface area contributed by atoms with Crippen LogP contribution >= 0.6 is 27.3 Å². The third-order valence-electron chi connectivity index (χ3n) is 4.99. The lowest BCUT2D eigenvalue weighted by Gasteiger charge is -2.02. The Hall–Kier alpha value is -3.56. The highest BCUT2D eigenvalue weighted by atomic mass is 79.9. The largest absolute Gasteiger partial charge is 0.497 e. The fourth-order valence-corrected chi connectivity index (χ4v) is 4.63. The summed E-state index contributed by atoms with van der Waals surface area (Å²) in [5.41, 5.74) is 1.19. The Morgan fingerprint density at radius 3 is 2.70 bits per heavy atom. The van der Waals surface area contributed by atoms with Crippen molar-refractivity contribution in [2.45, 2.75) is 6.42 Å². The highest BCUT2D eigenvalue weighted by Crippen LogP contribution is 2.25. The van der Waals surface area contributed by atoms with E-state index in [1.165, 1.54) is 4.52 Å². The van der Waals surface area contributed by atoms with E-state index in [9.17, 15) is 9.59 Å². The molecule has 0 fully saturated rings. The third kappa shape index (κ3) is 4.37. The van der Waals surface area contributed by atoms with E-state index >= 15 is 0 Å². The number of rotatable bonds is 5. The summed E-state index contributed by atoms with van der Waals surface area (Å²) in [5, 5.41) is 4.29. The van der Waals surface area contributed by atoms with Crippen molar-refractivity contribution >= 4 is 38.3 Å². The van der Waals surface area contributed by atoms with E-state index < -0.39 is 5.56 Å². The first kappa shape index (κ1) is 21.3. The van der Waals surface area contributed by atoms with Gasteiger partial charge in [0.15, 0.2) is 0 Å². The molecular weight excluding hydrogens is 506 g/mol. The van der Waals surface area contributed by atoms with Gasteiger partial charge in [0.2, 0.25) is 4.96 Å². The summed E-state index contributed by atoms with van der Waals surface area (Å²) >= 11 is 4.55. The second-order valence-corrected chi connectivity index (χ2v) is 9.14. The molecule has 2 aromatic carbocycles. The fraction of sp³-hybridized carbons (Fsp3) is 0.0833. The van der Waals surface area contributed by atoms with E-state index in [0.29, 0.717) is 16.1 Å². The first-order valence-electron chi connectivity index (χ1n) is 9.93. The topological polar surface area (TPSA) is 86.7 Å². The van der Waals surface area contributed by atoms with Crippen molar-refractivity contribution in [1.29, 1.82) is 0 Å². The van der Waals surface area contributed by atoms with Crippen LogP contribution in [-0.4, -0.2) is 21.7 Å². The Kier molecular flexibility index (Phi) is 5.65. The summed E-state index contributed by atoms with van der Waals surface area (Å²) in [5.74, 6) is 1.93. The van der Waals surface area contributed by atoms with Gasteiger partial charge in [-0.05, 0) is 42.0 Å². The third-order valence-corrected chi connectivity index (χ3v) is 6.44. The maximum absolute atomic E-state index is 12.9. The van der Waals surface area contributed by atoms with Crippen LogP contribution in [0.5, 0.6) is 5.75 Å². The van der Waals surface area contributed by atoms with E-state index in [1.54, 1.807) is 31.4 Å². The molecular formula is C24H16BrN3O4S. The lowest BCUT2D eigenvalue weighted by molar-refractivity contribution is 0.414. The predicted molar refractivity (Wildman–Crippen MR) is 130 cm³/mol. The van der Waals surface area contributed by atoms with Crippen LogP contribution in [0.4, 0.5) is 0 Å². The Morgan fingerprint density at radius 2 is 1.94 bits per heavy atom. The van der Waals surface area contributed by atoms with Gasteiger partial charge < -0.3 is 9.15 Å². The maximum Gasteiger partial charge on any atom is 0.296 e. The average Bonchev–Trinajstić information content (AvgIpc) is 3.40. The van der Waals surface area contributed by atoms with Crippen LogP contribution < -0.4 is 20.4 Å². The van der Waals surface area contributed by atoms with Crippen LogP contribution in [0, 0.1) is 0 Å². The minimum Gasteiger partial charge on any atom is -0.497 e. The first-order valence-corrected chi connectivity index (χ1v) is 11.5. The van der Waals surface area contributed by atoms with Gasteiger partial charge >= 0.3 is 0 Å². The molecule has 0 saturated heterocycles. The van der Waals surface area contributed by atoms with Crippen molar-refractivity contribution in [3.05, 3.63) is 107 Å². The number of hydrogen-bond acceptors (Lipinski definition) is 7. The molecule has 0 aliphatic carbocycles. The van der Waals surface area contributed by atoms with E-state index in [-0.39, 0.29) is 22.6 Å². The number of furan rings is 1. The molecule has 0 aliphatic rings. The van der Waals surface area contributed by atoms with Gasteiger partial charge in [0.25, 0.3) is 11.1 Å². The molecule has 0 aliphatic heterocycles. The molecule has 0 atom stereocenters. The Balaban J connectivity index is 1.50. The molecule has 33 heavy (non-hydrogen) atoms. The summed E-state index contributed by atoms with van der Waals surface area (Å²) < 4.78 is 13.5. The van der Waals surface area contributed by atoms with Crippen molar-refractivity contribution in [3.63, 3.8) is 0 Å². The summed E-state index contributed by atoms with van der Waals surface area (Å²) in [6.45, 7) is 0. The molecule has 0 unspecified atom stereocenters. The van der Waals surface area contributed by atoms with Gasteiger partial charge in [0.05, 0.1) is 7.11 Å². The Morgan fingerprint density at radius 1 is 1.12 bits per heavy atom. The molecule has 5 rings (SSSR count). The van der Waals surface area contributed by atoms with Crippen LogP contribution in [0.3, 0.4) is 0 Å². The average molecular weight is 522 g/mol. The van der Waals surface area contributed by atoms with Crippen LogP contribution in [0.25, 0.3) is 22.4 Å². The molecule has 0 spiro atoms. The smallest absolute Gasteiger partial charge is 0.296 e. The molecule has 0 N–H and O–H groups in total. The number of benzene rings is 2. The predicted octanol–water partition coefficient (Wildman–Crippen LogP) is 3.68. The van der Waals surface area contributed by atoms with Crippen molar-refractivity contribution in [3.8, 4) is 17.1 Å². The highest BCUT2D eigenvalue weighted by molar-refractivity contribution is 9.10. The van der Waals surface area contributed by atoms with Gasteiger partial charge in [0.1, 0.15) is 27.5 Å². The number of halogens is 1. The molecule has 164 valence electrons. The number of ether oxygens (including phenoxy) is 1. The second kappa shape index (κ2) is 8.76. The molecule has 0 saturated carbocycles. The van der Waals surface area contributed by atoms with E-state index in [4.69, 9.17) is 9.15 Å². The monoisotopic (exact) mass is 521 g/mol. The molecule has 9 heteroatoms. The van der Waals surface area contributed by atoms with Crippen molar-refractivity contribution < 1.29 is 9.15 Å². The lowest BCUT2D eigenvalue weighted by atomic mass is 10.1. The summed E-state index contributed by atoms with van der Waals surface area (Å²) in [6, 6.07) is 18.7. The zero-order valence-electron chi connectivity index (χ0n) is 17.3. The minimum absolute atomic E-state index is 0.203. The van der Waals surface area contributed by atoms with Gasteiger partial charge in [-0.15, -0.1) is 0 Å². The molecule has 3 heterocycles. The summed E-state index contributed by atoms with van der Waals surface area (Å²) in [6.07, 6.45) is 1.90. The van der Waals surface area contributed by atoms with Gasteiger partial charge in [0, 0.05) is 22.5 Å². The number of hydrogen-bond donors (Lipinski definition) is 0. The lowest BCUT2D eigenvalue weighted by Crippen LogP contribution is -2.28. The SMILES string of the molecule is COc1ccc(Cc2nn3c(=O)/c(=C/c4ccc(-c5cccc(Br)c5)o4)sc3nc2=O)cc1. The quantitative estimate of drug-likeness (QED) is 0.350. The summed E-state index contributed by atoms with van der Waals surface area (Å²) in [4.78, 5) is 29.7. The Labute approximate surface area is 199 Å². The Bertz CT molecular complexity index is 1640. The molecule has 5 aromatic rings. The van der Waals surface area contributed by atoms with Crippen LogP contribution in [0.2, 0.25) is 0 Å². The normalized spacial score (nSPS) is 11.9. The van der Waals surface area contributed by atoms with Gasteiger partial charge in [-0.1, -0.05) is 51.5 Å².